The highest BCUT2D eigenvalue weighted by Crippen LogP contribution is 2.37. The first kappa shape index (κ1) is 16.4. The van der Waals surface area contributed by atoms with Crippen molar-refractivity contribution in [3.8, 4) is 11.1 Å². The number of nitro benzene ring substituents is 1. The van der Waals surface area contributed by atoms with Crippen molar-refractivity contribution in [2.24, 2.45) is 0 Å². The molecule has 0 amide bonds. The molecule has 0 unspecified atom stereocenters. The van der Waals surface area contributed by atoms with E-state index < -0.39 is 4.92 Å². The molecule has 4 rings (SSSR count). The second kappa shape index (κ2) is 6.70. The van der Waals surface area contributed by atoms with Gasteiger partial charge in [-0.25, -0.2) is 9.97 Å². The lowest BCUT2D eigenvalue weighted by atomic mass is 10.1. The van der Waals surface area contributed by atoms with E-state index in [0.29, 0.717) is 16.5 Å². The average molecular weight is 383 g/mol. The minimum Gasteiger partial charge on any atom is -0.340 e. The number of fused-ring (bicyclic) bond motifs is 1. The zero-order valence-electron chi connectivity index (χ0n) is 13.2. The van der Waals surface area contributed by atoms with Crippen molar-refractivity contribution in [2.75, 3.05) is 5.32 Å². The third-order valence-electron chi connectivity index (χ3n) is 3.87. The molecule has 8 heteroatoms. The molecular weight excluding hydrogens is 372 g/mol. The lowest BCUT2D eigenvalue weighted by Crippen LogP contribution is -1.96. The number of aromatic nitrogens is 2. The highest BCUT2D eigenvalue weighted by atomic mass is 35.5. The number of rotatable bonds is 4. The monoisotopic (exact) mass is 382 g/mol. The Morgan fingerprint density at radius 2 is 1.77 bits per heavy atom. The normalized spacial score (nSPS) is 10.8. The molecule has 1 N–H and O–H groups in total. The number of benzene rings is 2. The second-order valence-corrected chi connectivity index (χ2v) is 6.78. The zero-order valence-corrected chi connectivity index (χ0v) is 14.8. The summed E-state index contributed by atoms with van der Waals surface area (Å²) in [4.78, 5) is 19.9. The van der Waals surface area contributed by atoms with Crippen LogP contribution in [0.25, 0.3) is 21.3 Å². The van der Waals surface area contributed by atoms with Gasteiger partial charge in [0, 0.05) is 33.8 Å². The minimum atomic E-state index is -0.426. The van der Waals surface area contributed by atoms with E-state index >= 15 is 0 Å². The number of nitrogens with one attached hydrogen (secondary N) is 1. The molecule has 0 bridgehead atoms. The van der Waals surface area contributed by atoms with Gasteiger partial charge >= 0.3 is 0 Å². The first-order chi connectivity index (χ1) is 12.6. The maximum Gasteiger partial charge on any atom is 0.269 e. The number of hydrogen-bond donors (Lipinski definition) is 1. The van der Waals surface area contributed by atoms with Crippen LogP contribution in [0.15, 0.2) is 60.2 Å². The van der Waals surface area contributed by atoms with Crippen LogP contribution in [0.3, 0.4) is 0 Å². The molecule has 0 aliphatic rings. The highest BCUT2D eigenvalue weighted by Gasteiger charge is 2.14. The summed E-state index contributed by atoms with van der Waals surface area (Å²) in [6.45, 7) is 0. The Hall–Kier alpha value is -3.03. The van der Waals surface area contributed by atoms with Crippen LogP contribution in [0.5, 0.6) is 0 Å². The predicted molar refractivity (Wildman–Crippen MR) is 104 cm³/mol. The van der Waals surface area contributed by atoms with E-state index in [2.05, 4.69) is 15.3 Å². The maximum atomic E-state index is 10.8. The van der Waals surface area contributed by atoms with Crippen molar-refractivity contribution in [1.82, 2.24) is 9.97 Å². The Bertz CT molecular complexity index is 1090. The third kappa shape index (κ3) is 3.10. The Morgan fingerprint density at radius 3 is 2.46 bits per heavy atom. The molecule has 0 spiro atoms. The topological polar surface area (TPSA) is 81.0 Å². The summed E-state index contributed by atoms with van der Waals surface area (Å²) in [6, 6.07) is 13.8. The van der Waals surface area contributed by atoms with Gasteiger partial charge in [0.25, 0.3) is 5.69 Å². The molecule has 0 saturated heterocycles. The summed E-state index contributed by atoms with van der Waals surface area (Å²) in [7, 11) is 0. The van der Waals surface area contributed by atoms with Crippen LogP contribution in [0.1, 0.15) is 0 Å². The fourth-order valence-electron chi connectivity index (χ4n) is 2.62. The minimum absolute atomic E-state index is 0.0424. The lowest BCUT2D eigenvalue weighted by Gasteiger charge is -2.08. The molecule has 2 aromatic heterocycles. The van der Waals surface area contributed by atoms with Crippen LogP contribution in [-0.2, 0) is 0 Å². The van der Waals surface area contributed by atoms with Crippen molar-refractivity contribution in [2.45, 2.75) is 0 Å². The second-order valence-electron chi connectivity index (χ2n) is 5.49. The van der Waals surface area contributed by atoms with Crippen LogP contribution in [0, 0.1) is 10.1 Å². The van der Waals surface area contributed by atoms with Crippen molar-refractivity contribution in [3.63, 3.8) is 0 Å². The van der Waals surface area contributed by atoms with Gasteiger partial charge < -0.3 is 5.32 Å². The van der Waals surface area contributed by atoms with E-state index in [1.807, 2.05) is 29.6 Å². The van der Waals surface area contributed by atoms with Crippen LogP contribution >= 0.6 is 22.9 Å². The summed E-state index contributed by atoms with van der Waals surface area (Å²) >= 11 is 7.51. The number of non-ortho nitro benzene ring substituents is 1. The van der Waals surface area contributed by atoms with Gasteiger partial charge in [-0.05, 0) is 29.8 Å². The number of nitro groups is 1. The summed E-state index contributed by atoms with van der Waals surface area (Å²) in [6.07, 6.45) is 1.50. The van der Waals surface area contributed by atoms with E-state index in [9.17, 15) is 10.1 Å². The van der Waals surface area contributed by atoms with E-state index in [-0.39, 0.29) is 5.69 Å². The molecule has 0 aliphatic heterocycles. The summed E-state index contributed by atoms with van der Waals surface area (Å²) in [5, 5.41) is 17.6. The van der Waals surface area contributed by atoms with Gasteiger partial charge in [0.15, 0.2) is 0 Å². The number of nitrogens with zero attached hydrogens (tertiary/aromatic N) is 3. The molecule has 0 aliphatic carbocycles. The van der Waals surface area contributed by atoms with Crippen molar-refractivity contribution < 1.29 is 4.92 Å². The van der Waals surface area contributed by atoms with E-state index in [1.54, 1.807) is 12.1 Å². The zero-order chi connectivity index (χ0) is 18.1. The van der Waals surface area contributed by atoms with Crippen LogP contribution in [0.4, 0.5) is 17.2 Å². The Kier molecular flexibility index (Phi) is 4.24. The Labute approximate surface area is 157 Å². The van der Waals surface area contributed by atoms with Gasteiger partial charge in [-0.3, -0.25) is 10.1 Å². The molecule has 0 fully saturated rings. The van der Waals surface area contributed by atoms with Gasteiger partial charge in [-0.15, -0.1) is 11.3 Å². The largest absolute Gasteiger partial charge is 0.340 e. The van der Waals surface area contributed by atoms with E-state index in [0.717, 1.165) is 21.3 Å². The maximum absolute atomic E-state index is 10.8. The SMILES string of the molecule is O=[N+]([O-])c1ccc(Nc2ncnc3scc(-c4ccc(Cl)cc4)c23)cc1. The lowest BCUT2D eigenvalue weighted by molar-refractivity contribution is -0.384. The number of anilines is 2. The smallest absolute Gasteiger partial charge is 0.269 e. The molecule has 0 radical (unpaired) electrons. The number of hydrogen-bond acceptors (Lipinski definition) is 6. The van der Waals surface area contributed by atoms with Crippen molar-refractivity contribution in [3.05, 3.63) is 75.4 Å². The van der Waals surface area contributed by atoms with Gasteiger partial charge in [-0.1, -0.05) is 23.7 Å². The third-order valence-corrected chi connectivity index (χ3v) is 5.00. The van der Waals surface area contributed by atoms with Gasteiger partial charge in [0.05, 0.1) is 10.3 Å². The van der Waals surface area contributed by atoms with Crippen molar-refractivity contribution in [1.29, 1.82) is 0 Å². The quantitative estimate of drug-likeness (QED) is 0.363. The molecule has 2 aromatic carbocycles. The van der Waals surface area contributed by atoms with Crippen LogP contribution in [0.2, 0.25) is 5.02 Å². The van der Waals surface area contributed by atoms with Gasteiger partial charge in [0.1, 0.15) is 17.0 Å². The molecule has 0 saturated carbocycles. The number of thiophene rings is 1. The molecule has 2 heterocycles. The first-order valence-corrected chi connectivity index (χ1v) is 8.87. The molecule has 6 nitrogen and oxygen atoms in total. The van der Waals surface area contributed by atoms with Crippen LogP contribution < -0.4 is 5.32 Å². The predicted octanol–water partition coefficient (Wildman–Crippen LogP) is 5.66. The highest BCUT2D eigenvalue weighted by molar-refractivity contribution is 7.17. The standard InChI is InChI=1S/C18H11ClN4O2S/c19-12-3-1-11(2-4-12)15-9-26-18-16(15)17(20-10-21-18)22-13-5-7-14(8-6-13)23(24)25/h1-10H,(H,20,21,22). The molecular formula is C18H11ClN4O2S. The fourth-order valence-corrected chi connectivity index (χ4v) is 3.66. The molecule has 4 aromatic rings. The Balaban J connectivity index is 1.76. The molecule has 26 heavy (non-hydrogen) atoms. The molecule has 128 valence electrons. The fraction of sp³-hybridized carbons (Fsp3) is 0. The number of halogens is 1. The first-order valence-electron chi connectivity index (χ1n) is 7.61. The van der Waals surface area contributed by atoms with Gasteiger partial charge in [0.2, 0.25) is 0 Å². The van der Waals surface area contributed by atoms with E-state index in [1.165, 1.54) is 29.8 Å². The van der Waals surface area contributed by atoms with Gasteiger partial charge in [-0.2, -0.15) is 0 Å². The summed E-state index contributed by atoms with van der Waals surface area (Å²) < 4.78 is 0. The Morgan fingerprint density at radius 1 is 1.04 bits per heavy atom. The summed E-state index contributed by atoms with van der Waals surface area (Å²) in [5.74, 6) is 0.648. The van der Waals surface area contributed by atoms with Crippen molar-refractivity contribution >= 4 is 50.3 Å². The van der Waals surface area contributed by atoms with E-state index in [4.69, 9.17) is 11.6 Å². The average Bonchev–Trinajstić information content (AvgIpc) is 3.08. The van der Waals surface area contributed by atoms with Crippen LogP contribution in [-0.4, -0.2) is 14.9 Å². The summed E-state index contributed by atoms with van der Waals surface area (Å²) in [5.41, 5.74) is 2.78. The molecule has 0 atom stereocenters.